The third-order valence-electron chi connectivity index (χ3n) is 6.59. The van der Waals surface area contributed by atoms with E-state index < -0.39 is 58.7 Å². The van der Waals surface area contributed by atoms with Crippen LogP contribution in [-0.2, 0) is 10.2 Å². The van der Waals surface area contributed by atoms with E-state index in [4.69, 9.17) is 0 Å². The molecule has 0 radical (unpaired) electrons. The molecule has 4 aromatic rings. The van der Waals surface area contributed by atoms with Gasteiger partial charge >= 0.3 is 17.3 Å². The smallest absolute Gasteiger partial charge is 0.423 e. The molecule has 1 saturated heterocycles. The number of H-pyrrole nitrogens is 1. The molecule has 1 aliphatic heterocycles. The first-order valence-electron chi connectivity index (χ1n) is 11.9. The van der Waals surface area contributed by atoms with Gasteiger partial charge in [-0.2, -0.15) is 12.7 Å². The second-order valence-electron chi connectivity index (χ2n) is 9.12. The van der Waals surface area contributed by atoms with Crippen LogP contribution in [0.4, 0.5) is 18.9 Å². The summed E-state index contributed by atoms with van der Waals surface area (Å²) in [6.45, 7) is -0.530. The fraction of sp³-hybridized carbons (Fsp3) is 0.160. The van der Waals surface area contributed by atoms with Crippen LogP contribution in [0.2, 0.25) is 0 Å². The van der Waals surface area contributed by atoms with Gasteiger partial charge in [0.25, 0.3) is 0 Å². The maximum absolute atomic E-state index is 15.4. The minimum Gasteiger partial charge on any atom is -0.423 e. The molecule has 0 amide bonds. The number of nitrogens with one attached hydrogen (secondary N) is 2. The Morgan fingerprint density at radius 2 is 1.95 bits per heavy atom. The average molecular weight is 572 g/mol. The first kappa shape index (κ1) is 27.5. The molecule has 0 bridgehead atoms. The number of pyridine rings is 1. The summed E-state index contributed by atoms with van der Waals surface area (Å²) in [5.41, 5.74) is -0.874. The van der Waals surface area contributed by atoms with Crippen molar-refractivity contribution in [3.63, 3.8) is 0 Å². The molecular weight excluding hydrogens is 552 g/mol. The standard InChI is InChI=1S/C25H20BF3N4O6S/c27-16-5-6-33(11-16)40(38,39)32-21-4-3-20(28)22(23(21)29)24(35)18-10-31-25-17(18)7-15(9-30-25)13-1-2-14(12-34)19(8-13)26(36)37/h1-4,7-10,12,16,32,36-37H,5-6,11H2,(H,30,31)/t16-/m0/s1. The highest BCUT2D eigenvalue weighted by Crippen LogP contribution is 2.30. The van der Waals surface area contributed by atoms with Crippen molar-refractivity contribution < 1.29 is 41.2 Å². The van der Waals surface area contributed by atoms with Gasteiger partial charge in [0.05, 0.1) is 11.3 Å². The molecule has 0 aliphatic carbocycles. The van der Waals surface area contributed by atoms with Crippen LogP contribution in [0.1, 0.15) is 32.7 Å². The predicted octanol–water partition coefficient (Wildman–Crippen LogP) is 1.93. The molecule has 2 aromatic carbocycles. The Morgan fingerprint density at radius 3 is 2.62 bits per heavy atom. The zero-order chi connectivity index (χ0) is 28.8. The van der Waals surface area contributed by atoms with Crippen LogP contribution in [0.3, 0.4) is 0 Å². The van der Waals surface area contributed by atoms with Crippen LogP contribution in [0.25, 0.3) is 22.2 Å². The number of hydrogen-bond acceptors (Lipinski definition) is 7. The lowest BCUT2D eigenvalue weighted by molar-refractivity contribution is 0.103. The molecule has 3 heterocycles. The summed E-state index contributed by atoms with van der Waals surface area (Å²) < 4.78 is 71.7. The number of aromatic nitrogens is 2. The molecule has 0 spiro atoms. The minimum absolute atomic E-state index is 0.0176. The number of fused-ring (bicyclic) bond motifs is 1. The Balaban J connectivity index is 1.53. The lowest BCUT2D eigenvalue weighted by Gasteiger charge is -2.18. The van der Waals surface area contributed by atoms with E-state index in [0.717, 1.165) is 16.4 Å². The number of carbonyl (C=O) groups is 2. The third-order valence-corrected chi connectivity index (χ3v) is 8.08. The molecule has 15 heteroatoms. The monoisotopic (exact) mass is 572 g/mol. The van der Waals surface area contributed by atoms with E-state index in [9.17, 15) is 36.8 Å². The molecule has 0 unspecified atom stereocenters. The summed E-state index contributed by atoms with van der Waals surface area (Å²) in [5.74, 6) is -3.79. The molecule has 1 fully saturated rings. The lowest BCUT2D eigenvalue weighted by Crippen LogP contribution is -2.34. The maximum Gasteiger partial charge on any atom is 0.489 e. The lowest BCUT2D eigenvalue weighted by atomic mass is 9.76. The number of alkyl halides is 1. The Hall–Kier alpha value is -4.05. The quantitative estimate of drug-likeness (QED) is 0.143. The molecule has 1 atom stereocenters. The Labute approximate surface area is 225 Å². The molecule has 1 aliphatic rings. The van der Waals surface area contributed by atoms with Gasteiger partial charge in [-0.1, -0.05) is 18.2 Å². The van der Waals surface area contributed by atoms with E-state index in [1.54, 1.807) is 0 Å². The first-order valence-corrected chi connectivity index (χ1v) is 13.3. The number of rotatable bonds is 8. The highest BCUT2D eigenvalue weighted by molar-refractivity contribution is 7.90. The van der Waals surface area contributed by atoms with Crippen molar-refractivity contribution >= 4 is 51.6 Å². The predicted molar refractivity (Wildman–Crippen MR) is 140 cm³/mol. The van der Waals surface area contributed by atoms with Crippen molar-refractivity contribution in [1.82, 2.24) is 14.3 Å². The van der Waals surface area contributed by atoms with Crippen LogP contribution < -0.4 is 10.2 Å². The second-order valence-corrected chi connectivity index (χ2v) is 10.8. The third kappa shape index (κ3) is 4.99. The van der Waals surface area contributed by atoms with E-state index in [0.29, 0.717) is 17.4 Å². The number of carbonyl (C=O) groups excluding carboxylic acids is 2. The molecule has 2 aromatic heterocycles. The summed E-state index contributed by atoms with van der Waals surface area (Å²) >= 11 is 0. The summed E-state index contributed by atoms with van der Waals surface area (Å²) in [5, 5.41) is 19.4. The average Bonchev–Trinajstić information content (AvgIpc) is 3.56. The number of ketones is 1. The highest BCUT2D eigenvalue weighted by Gasteiger charge is 2.33. The van der Waals surface area contributed by atoms with E-state index in [1.165, 1.54) is 36.7 Å². The molecular formula is C25H20BF3N4O6S. The molecule has 4 N–H and O–H groups in total. The van der Waals surface area contributed by atoms with Crippen LogP contribution in [0.5, 0.6) is 0 Å². The maximum atomic E-state index is 15.4. The van der Waals surface area contributed by atoms with Gasteiger partial charge < -0.3 is 15.0 Å². The Morgan fingerprint density at radius 1 is 1.18 bits per heavy atom. The molecule has 40 heavy (non-hydrogen) atoms. The zero-order valence-corrected chi connectivity index (χ0v) is 21.3. The van der Waals surface area contributed by atoms with E-state index >= 15 is 4.39 Å². The molecule has 10 nitrogen and oxygen atoms in total. The fourth-order valence-electron chi connectivity index (χ4n) is 4.52. The van der Waals surface area contributed by atoms with Gasteiger partial charge in [-0.05, 0) is 35.6 Å². The molecule has 0 saturated carbocycles. The van der Waals surface area contributed by atoms with Crippen molar-refractivity contribution in [2.24, 2.45) is 0 Å². The topological polar surface area (TPSA) is 153 Å². The van der Waals surface area contributed by atoms with E-state index in [2.05, 4.69) is 9.97 Å². The van der Waals surface area contributed by atoms with Gasteiger partial charge in [-0.15, -0.1) is 0 Å². The summed E-state index contributed by atoms with van der Waals surface area (Å²) in [6, 6.07) is 7.30. The number of aldehydes is 1. The molecule has 206 valence electrons. The number of halogens is 3. The van der Waals surface area contributed by atoms with Gasteiger partial charge in [0.2, 0.25) is 5.78 Å². The number of nitrogens with zero attached hydrogens (tertiary/aromatic N) is 2. The Bertz CT molecular complexity index is 1770. The largest absolute Gasteiger partial charge is 0.489 e. The van der Waals surface area contributed by atoms with Crippen LogP contribution in [0, 0.1) is 11.6 Å². The molecule has 5 rings (SSSR count). The van der Waals surface area contributed by atoms with Gasteiger partial charge in [0.1, 0.15) is 23.9 Å². The SMILES string of the molecule is O=Cc1ccc(-c2cnc3[nH]cc(C(=O)c4c(F)ccc(NS(=O)(=O)N5CC[C@H](F)C5)c4F)c3c2)cc1B(O)O. The van der Waals surface area contributed by atoms with Gasteiger partial charge in [0, 0.05) is 47.6 Å². The number of anilines is 1. The van der Waals surface area contributed by atoms with Crippen LogP contribution in [0.15, 0.2) is 48.8 Å². The van der Waals surface area contributed by atoms with Crippen molar-refractivity contribution in [2.75, 3.05) is 17.8 Å². The van der Waals surface area contributed by atoms with Gasteiger partial charge in [-0.3, -0.25) is 14.3 Å². The van der Waals surface area contributed by atoms with Crippen LogP contribution in [-0.4, -0.2) is 71.2 Å². The summed E-state index contributed by atoms with van der Waals surface area (Å²) in [6.07, 6.45) is 1.69. The Kier molecular flexibility index (Phi) is 7.22. The van der Waals surface area contributed by atoms with E-state index in [-0.39, 0.29) is 40.6 Å². The normalized spacial score (nSPS) is 15.9. The van der Waals surface area contributed by atoms with Crippen molar-refractivity contribution in [1.29, 1.82) is 0 Å². The van der Waals surface area contributed by atoms with Gasteiger partial charge in [-0.25, -0.2) is 18.2 Å². The fourth-order valence-corrected chi connectivity index (χ4v) is 5.79. The first-order chi connectivity index (χ1) is 19.0. The van der Waals surface area contributed by atoms with E-state index in [1.807, 2.05) is 4.72 Å². The van der Waals surface area contributed by atoms with Crippen molar-refractivity contribution in [2.45, 2.75) is 12.6 Å². The highest BCUT2D eigenvalue weighted by atomic mass is 32.2. The minimum atomic E-state index is -4.37. The summed E-state index contributed by atoms with van der Waals surface area (Å²) in [4.78, 5) is 31.6. The van der Waals surface area contributed by atoms with Crippen LogP contribution >= 0.6 is 0 Å². The second kappa shape index (κ2) is 10.5. The summed E-state index contributed by atoms with van der Waals surface area (Å²) in [7, 11) is -6.30. The number of benzene rings is 2. The van der Waals surface area contributed by atoms with Crippen molar-refractivity contribution in [3.8, 4) is 11.1 Å². The number of hydrogen-bond donors (Lipinski definition) is 4. The zero-order valence-electron chi connectivity index (χ0n) is 20.4. The van der Waals surface area contributed by atoms with Crippen molar-refractivity contribution in [3.05, 3.63) is 77.1 Å². The number of aromatic amines is 1. The van der Waals surface area contributed by atoms with Gasteiger partial charge in [0.15, 0.2) is 5.82 Å².